The van der Waals surface area contributed by atoms with E-state index in [4.69, 9.17) is 0 Å². The smallest absolute Gasteiger partial charge is 0.0109 e. The minimum absolute atomic E-state index is 0.970. The van der Waals surface area contributed by atoms with Crippen LogP contribution in [0.3, 0.4) is 0 Å². The second-order valence-electron chi connectivity index (χ2n) is 4.43. The van der Waals surface area contributed by atoms with Crippen molar-refractivity contribution in [2.24, 2.45) is 0 Å². The molecule has 0 N–H and O–H groups in total. The second kappa shape index (κ2) is 5.29. The van der Waals surface area contributed by atoms with Crippen LogP contribution in [0.15, 0.2) is 0 Å². The molecule has 1 radical (unpaired) electrons. The van der Waals surface area contributed by atoms with Gasteiger partial charge in [0.2, 0.25) is 0 Å². The van der Waals surface area contributed by atoms with Crippen LogP contribution in [0.4, 0.5) is 0 Å². The number of rotatable bonds is 1. The molecule has 0 aromatic heterocycles. The van der Waals surface area contributed by atoms with E-state index in [-0.39, 0.29) is 0 Å². The van der Waals surface area contributed by atoms with Crippen LogP contribution in [0, 0.1) is 5.92 Å². The summed E-state index contributed by atoms with van der Waals surface area (Å²) in [4.78, 5) is 0. The maximum atomic E-state index is 2.23. The molecule has 1 atom stereocenters. The number of hydrogen-bond donors (Lipinski definition) is 0. The highest BCUT2D eigenvalue weighted by molar-refractivity contribution is 8.00. The third-order valence-electron chi connectivity index (χ3n) is 3.38. The molecule has 1 heteroatoms. The SMILES string of the molecule is C1CCC[C](C2CCCS2)CCC1. The molecule has 0 nitrogen and oxygen atoms in total. The van der Waals surface area contributed by atoms with E-state index in [9.17, 15) is 0 Å². The van der Waals surface area contributed by atoms with Crippen LogP contribution in [0.25, 0.3) is 0 Å². The van der Waals surface area contributed by atoms with Crippen molar-refractivity contribution >= 4 is 11.8 Å². The lowest BCUT2D eigenvalue weighted by Crippen LogP contribution is -2.13. The van der Waals surface area contributed by atoms with E-state index in [0.29, 0.717) is 0 Å². The van der Waals surface area contributed by atoms with Crippen molar-refractivity contribution in [1.29, 1.82) is 0 Å². The Morgan fingerprint density at radius 3 is 2.15 bits per heavy atom. The Hall–Kier alpha value is 0.350. The zero-order chi connectivity index (χ0) is 8.93. The van der Waals surface area contributed by atoms with Gasteiger partial charge in [-0.1, -0.05) is 32.1 Å². The van der Waals surface area contributed by atoms with Crippen molar-refractivity contribution < 1.29 is 0 Å². The van der Waals surface area contributed by atoms with Crippen LogP contribution in [0.5, 0.6) is 0 Å². The van der Waals surface area contributed by atoms with Crippen molar-refractivity contribution in [3.63, 3.8) is 0 Å². The van der Waals surface area contributed by atoms with E-state index in [1.807, 2.05) is 5.92 Å². The van der Waals surface area contributed by atoms with E-state index in [1.165, 1.54) is 63.5 Å². The highest BCUT2D eigenvalue weighted by Crippen LogP contribution is 2.39. The zero-order valence-electron chi connectivity index (χ0n) is 8.56. The molecule has 75 valence electrons. The first-order chi connectivity index (χ1) is 6.47. The maximum absolute atomic E-state index is 2.23. The fourth-order valence-corrected chi connectivity index (χ4v) is 4.00. The Kier molecular flexibility index (Phi) is 4.02. The van der Waals surface area contributed by atoms with Crippen molar-refractivity contribution in [1.82, 2.24) is 0 Å². The minimum Gasteiger partial charge on any atom is -0.158 e. The van der Waals surface area contributed by atoms with Gasteiger partial charge in [0.05, 0.1) is 0 Å². The van der Waals surface area contributed by atoms with Crippen molar-refractivity contribution in [3.8, 4) is 0 Å². The highest BCUT2D eigenvalue weighted by atomic mass is 32.2. The Morgan fingerprint density at radius 2 is 1.54 bits per heavy atom. The monoisotopic (exact) mass is 197 g/mol. The molecule has 2 rings (SSSR count). The van der Waals surface area contributed by atoms with Gasteiger partial charge in [0, 0.05) is 5.25 Å². The maximum Gasteiger partial charge on any atom is 0.0109 e. The van der Waals surface area contributed by atoms with Crippen LogP contribution in [-0.4, -0.2) is 11.0 Å². The summed E-state index contributed by atoms with van der Waals surface area (Å²) in [6.07, 6.45) is 13.3. The minimum atomic E-state index is 0.970. The molecule has 1 saturated carbocycles. The fourth-order valence-electron chi connectivity index (χ4n) is 2.58. The summed E-state index contributed by atoms with van der Waals surface area (Å²) in [6.45, 7) is 0. The van der Waals surface area contributed by atoms with Crippen LogP contribution < -0.4 is 0 Å². The first-order valence-corrected chi connectivity index (χ1v) is 6.98. The summed E-state index contributed by atoms with van der Waals surface area (Å²) in [5, 5.41) is 0.970. The van der Waals surface area contributed by atoms with Gasteiger partial charge >= 0.3 is 0 Å². The van der Waals surface area contributed by atoms with Crippen LogP contribution >= 0.6 is 11.8 Å². The van der Waals surface area contributed by atoms with Gasteiger partial charge in [0.1, 0.15) is 0 Å². The van der Waals surface area contributed by atoms with Crippen molar-refractivity contribution in [2.45, 2.75) is 63.0 Å². The largest absolute Gasteiger partial charge is 0.158 e. The topological polar surface area (TPSA) is 0 Å². The fraction of sp³-hybridized carbons (Fsp3) is 0.917. The lowest BCUT2D eigenvalue weighted by atomic mass is 9.87. The molecular weight excluding hydrogens is 176 g/mol. The van der Waals surface area contributed by atoms with E-state index in [0.717, 1.165) is 5.25 Å². The third kappa shape index (κ3) is 2.90. The second-order valence-corrected chi connectivity index (χ2v) is 5.74. The third-order valence-corrected chi connectivity index (χ3v) is 4.88. The number of hydrogen-bond acceptors (Lipinski definition) is 1. The predicted molar refractivity (Wildman–Crippen MR) is 61.0 cm³/mol. The molecule has 1 aliphatic carbocycles. The molecule has 0 aromatic carbocycles. The zero-order valence-corrected chi connectivity index (χ0v) is 9.37. The van der Waals surface area contributed by atoms with Gasteiger partial charge in [-0.15, -0.1) is 0 Å². The summed E-state index contributed by atoms with van der Waals surface area (Å²) >= 11 is 2.23. The molecule has 0 aromatic rings. The van der Waals surface area contributed by atoms with Crippen molar-refractivity contribution in [3.05, 3.63) is 5.92 Å². The van der Waals surface area contributed by atoms with E-state index in [2.05, 4.69) is 11.8 Å². The van der Waals surface area contributed by atoms with Gasteiger partial charge in [-0.3, -0.25) is 0 Å². The van der Waals surface area contributed by atoms with Crippen LogP contribution in [0.1, 0.15) is 57.8 Å². The number of thioether (sulfide) groups is 1. The molecule has 0 bridgehead atoms. The van der Waals surface area contributed by atoms with Gasteiger partial charge in [0.15, 0.2) is 0 Å². The lowest BCUT2D eigenvalue weighted by molar-refractivity contribution is 0.507. The van der Waals surface area contributed by atoms with Crippen molar-refractivity contribution in [2.75, 3.05) is 5.75 Å². The first kappa shape index (κ1) is 9.89. The van der Waals surface area contributed by atoms with Gasteiger partial charge in [-0.25, -0.2) is 0 Å². The molecule has 0 spiro atoms. The molecule has 1 aliphatic heterocycles. The lowest BCUT2D eigenvalue weighted by Gasteiger charge is -2.24. The van der Waals surface area contributed by atoms with Gasteiger partial charge in [0.25, 0.3) is 0 Å². The molecule has 2 fully saturated rings. The van der Waals surface area contributed by atoms with E-state index in [1.54, 1.807) is 0 Å². The predicted octanol–water partition coefficient (Wildman–Crippen LogP) is 4.20. The summed E-state index contributed by atoms with van der Waals surface area (Å²) in [5.74, 6) is 3.34. The average Bonchev–Trinajstić information content (AvgIpc) is 2.55. The van der Waals surface area contributed by atoms with Gasteiger partial charge < -0.3 is 0 Å². The molecule has 2 aliphatic rings. The molecular formula is C12H21S. The Labute approximate surface area is 86.9 Å². The molecule has 1 unspecified atom stereocenters. The summed E-state index contributed by atoms with van der Waals surface area (Å²) < 4.78 is 0. The highest BCUT2D eigenvalue weighted by Gasteiger charge is 2.25. The summed E-state index contributed by atoms with van der Waals surface area (Å²) in [5.41, 5.74) is 0. The van der Waals surface area contributed by atoms with E-state index < -0.39 is 0 Å². The van der Waals surface area contributed by atoms with Crippen LogP contribution in [-0.2, 0) is 0 Å². The van der Waals surface area contributed by atoms with Gasteiger partial charge in [-0.2, -0.15) is 11.8 Å². The first-order valence-electron chi connectivity index (χ1n) is 5.93. The normalized spacial score (nSPS) is 32.8. The molecule has 1 heterocycles. The van der Waals surface area contributed by atoms with E-state index >= 15 is 0 Å². The molecule has 13 heavy (non-hydrogen) atoms. The quantitative estimate of drug-likeness (QED) is 0.607. The average molecular weight is 197 g/mol. The summed E-state index contributed by atoms with van der Waals surface area (Å²) in [6, 6.07) is 0. The van der Waals surface area contributed by atoms with Crippen LogP contribution in [0.2, 0.25) is 0 Å². The summed E-state index contributed by atoms with van der Waals surface area (Å²) in [7, 11) is 0. The van der Waals surface area contributed by atoms with Gasteiger partial charge in [-0.05, 0) is 37.4 Å². The Balaban J connectivity index is 1.80. The molecule has 1 saturated heterocycles. The molecule has 0 amide bonds. The standard InChI is InChI=1S/C12H21S/c1-2-4-7-11(8-5-3-1)12-9-6-10-13-12/h12H,1-10H2. The Bertz CT molecular complexity index is 130. The Morgan fingerprint density at radius 1 is 0.846 bits per heavy atom.